The standard InChI is InChI=1S/C15H29N3/c1-5-14(4)8-6-7-11-18-12-15(16-17-18)10-9-13(2)3/h12-14H,5-11H2,1-4H3/t14-/m0/s1. The van der Waals surface area contributed by atoms with Crippen LogP contribution in [0.25, 0.3) is 0 Å². The van der Waals surface area contributed by atoms with Crippen LogP contribution in [0.1, 0.15) is 65.5 Å². The monoisotopic (exact) mass is 251 g/mol. The van der Waals surface area contributed by atoms with Crippen LogP contribution in [0.4, 0.5) is 0 Å². The van der Waals surface area contributed by atoms with Crippen molar-refractivity contribution in [1.29, 1.82) is 0 Å². The summed E-state index contributed by atoms with van der Waals surface area (Å²) in [5, 5.41) is 8.43. The van der Waals surface area contributed by atoms with Gasteiger partial charge in [-0.15, -0.1) is 5.10 Å². The van der Waals surface area contributed by atoms with E-state index >= 15 is 0 Å². The third-order valence-electron chi connectivity index (χ3n) is 3.59. The number of rotatable bonds is 9. The van der Waals surface area contributed by atoms with E-state index in [-0.39, 0.29) is 0 Å². The summed E-state index contributed by atoms with van der Waals surface area (Å²) in [5.74, 6) is 1.60. The fraction of sp³-hybridized carbons (Fsp3) is 0.867. The molecule has 0 aliphatic heterocycles. The van der Waals surface area contributed by atoms with Gasteiger partial charge >= 0.3 is 0 Å². The second-order valence-corrected chi connectivity index (χ2v) is 5.91. The van der Waals surface area contributed by atoms with E-state index in [0.717, 1.165) is 30.5 Å². The van der Waals surface area contributed by atoms with Crippen molar-refractivity contribution in [3.8, 4) is 0 Å². The topological polar surface area (TPSA) is 30.7 Å². The maximum atomic E-state index is 4.23. The molecule has 1 atom stereocenters. The zero-order chi connectivity index (χ0) is 13.4. The summed E-state index contributed by atoms with van der Waals surface area (Å²) >= 11 is 0. The van der Waals surface area contributed by atoms with Gasteiger partial charge in [0, 0.05) is 12.7 Å². The summed E-state index contributed by atoms with van der Waals surface area (Å²) in [6, 6.07) is 0. The third-order valence-corrected chi connectivity index (χ3v) is 3.59. The summed E-state index contributed by atoms with van der Waals surface area (Å²) in [6.07, 6.45) is 9.53. The highest BCUT2D eigenvalue weighted by Gasteiger charge is 2.03. The van der Waals surface area contributed by atoms with Gasteiger partial charge in [-0.2, -0.15) is 0 Å². The van der Waals surface area contributed by atoms with Gasteiger partial charge in [-0.3, -0.25) is 4.68 Å². The molecule has 0 aliphatic carbocycles. The summed E-state index contributed by atoms with van der Waals surface area (Å²) in [5.41, 5.74) is 1.14. The van der Waals surface area contributed by atoms with Crippen molar-refractivity contribution in [2.45, 2.75) is 72.8 Å². The first-order chi connectivity index (χ1) is 8.61. The van der Waals surface area contributed by atoms with Crippen LogP contribution in [0.15, 0.2) is 6.20 Å². The van der Waals surface area contributed by atoms with Crippen molar-refractivity contribution < 1.29 is 0 Å². The van der Waals surface area contributed by atoms with E-state index in [1.807, 2.05) is 4.68 Å². The lowest BCUT2D eigenvalue weighted by molar-refractivity contribution is 0.455. The van der Waals surface area contributed by atoms with E-state index in [0.29, 0.717) is 0 Å². The molecule has 1 heterocycles. The van der Waals surface area contributed by atoms with Crippen LogP contribution in [-0.2, 0) is 13.0 Å². The van der Waals surface area contributed by atoms with Crippen LogP contribution < -0.4 is 0 Å². The van der Waals surface area contributed by atoms with Crippen LogP contribution in [0.3, 0.4) is 0 Å². The minimum Gasteiger partial charge on any atom is -0.252 e. The van der Waals surface area contributed by atoms with E-state index in [1.54, 1.807) is 0 Å². The summed E-state index contributed by atoms with van der Waals surface area (Å²) in [7, 11) is 0. The van der Waals surface area contributed by atoms with Crippen molar-refractivity contribution in [3.63, 3.8) is 0 Å². The molecule has 0 saturated carbocycles. The fourth-order valence-corrected chi connectivity index (χ4v) is 1.97. The van der Waals surface area contributed by atoms with E-state index < -0.39 is 0 Å². The maximum Gasteiger partial charge on any atom is 0.0827 e. The van der Waals surface area contributed by atoms with Gasteiger partial charge in [-0.05, 0) is 31.1 Å². The van der Waals surface area contributed by atoms with Crippen LogP contribution in [0.5, 0.6) is 0 Å². The molecular weight excluding hydrogens is 222 g/mol. The molecule has 0 amide bonds. The average Bonchev–Trinajstić information content (AvgIpc) is 2.79. The lowest BCUT2D eigenvalue weighted by atomic mass is 10.0. The highest BCUT2D eigenvalue weighted by Crippen LogP contribution is 2.12. The zero-order valence-corrected chi connectivity index (χ0v) is 12.5. The lowest BCUT2D eigenvalue weighted by Gasteiger charge is -2.07. The van der Waals surface area contributed by atoms with Gasteiger partial charge in [-0.1, -0.05) is 52.2 Å². The normalized spacial score (nSPS) is 13.2. The molecular formula is C15H29N3. The molecule has 1 aromatic rings. The first-order valence-electron chi connectivity index (χ1n) is 7.50. The Morgan fingerprint density at radius 2 is 1.94 bits per heavy atom. The Kier molecular flexibility index (Phi) is 6.99. The van der Waals surface area contributed by atoms with Crippen molar-refractivity contribution in [3.05, 3.63) is 11.9 Å². The highest BCUT2D eigenvalue weighted by molar-refractivity contribution is 4.92. The van der Waals surface area contributed by atoms with Crippen molar-refractivity contribution in [2.75, 3.05) is 0 Å². The maximum absolute atomic E-state index is 4.23. The number of unbranched alkanes of at least 4 members (excludes halogenated alkanes) is 1. The molecule has 0 fully saturated rings. The molecule has 0 radical (unpaired) electrons. The van der Waals surface area contributed by atoms with E-state index in [4.69, 9.17) is 0 Å². The molecule has 3 heteroatoms. The molecule has 0 bridgehead atoms. The van der Waals surface area contributed by atoms with Crippen molar-refractivity contribution in [2.24, 2.45) is 11.8 Å². The fourth-order valence-electron chi connectivity index (χ4n) is 1.97. The van der Waals surface area contributed by atoms with Gasteiger partial charge in [0.05, 0.1) is 5.69 Å². The molecule has 0 spiro atoms. The molecule has 3 nitrogen and oxygen atoms in total. The predicted octanol–water partition coefficient (Wildman–Crippen LogP) is 4.08. The minimum atomic E-state index is 0.741. The summed E-state index contributed by atoms with van der Waals surface area (Å²) in [6.45, 7) is 10.1. The number of aryl methyl sites for hydroxylation is 2. The minimum absolute atomic E-state index is 0.741. The van der Waals surface area contributed by atoms with Gasteiger partial charge in [0.15, 0.2) is 0 Å². The Balaban J connectivity index is 2.19. The lowest BCUT2D eigenvalue weighted by Crippen LogP contribution is -2.00. The van der Waals surface area contributed by atoms with Gasteiger partial charge in [0.2, 0.25) is 0 Å². The van der Waals surface area contributed by atoms with Crippen molar-refractivity contribution >= 4 is 0 Å². The Bertz CT molecular complexity index is 317. The largest absolute Gasteiger partial charge is 0.252 e. The van der Waals surface area contributed by atoms with Crippen LogP contribution in [-0.4, -0.2) is 15.0 Å². The van der Waals surface area contributed by atoms with E-state index in [9.17, 15) is 0 Å². The quantitative estimate of drug-likeness (QED) is 0.619. The molecule has 0 aliphatic rings. The van der Waals surface area contributed by atoms with Gasteiger partial charge in [-0.25, -0.2) is 0 Å². The predicted molar refractivity (Wildman–Crippen MR) is 76.5 cm³/mol. The van der Waals surface area contributed by atoms with Crippen LogP contribution >= 0.6 is 0 Å². The molecule has 104 valence electrons. The first-order valence-corrected chi connectivity index (χ1v) is 7.50. The summed E-state index contributed by atoms with van der Waals surface area (Å²) < 4.78 is 2.01. The molecule has 18 heavy (non-hydrogen) atoms. The average molecular weight is 251 g/mol. The molecule has 0 aromatic carbocycles. The Labute approximate surface area is 112 Å². The Hall–Kier alpha value is -0.860. The second kappa shape index (κ2) is 8.28. The molecule has 1 aromatic heterocycles. The summed E-state index contributed by atoms with van der Waals surface area (Å²) in [4.78, 5) is 0. The number of nitrogens with zero attached hydrogens (tertiary/aromatic N) is 3. The smallest absolute Gasteiger partial charge is 0.0827 e. The second-order valence-electron chi connectivity index (χ2n) is 5.91. The zero-order valence-electron chi connectivity index (χ0n) is 12.5. The molecule has 1 rings (SSSR count). The van der Waals surface area contributed by atoms with Gasteiger partial charge in [0.1, 0.15) is 0 Å². The van der Waals surface area contributed by atoms with Crippen LogP contribution in [0.2, 0.25) is 0 Å². The van der Waals surface area contributed by atoms with Gasteiger partial charge < -0.3 is 0 Å². The van der Waals surface area contributed by atoms with Crippen molar-refractivity contribution in [1.82, 2.24) is 15.0 Å². The molecule has 0 unspecified atom stereocenters. The number of hydrogen-bond donors (Lipinski definition) is 0. The van der Waals surface area contributed by atoms with E-state index in [2.05, 4.69) is 44.2 Å². The molecule has 0 saturated heterocycles. The van der Waals surface area contributed by atoms with Gasteiger partial charge in [0.25, 0.3) is 0 Å². The Morgan fingerprint density at radius 1 is 1.17 bits per heavy atom. The molecule has 0 N–H and O–H groups in total. The third kappa shape index (κ3) is 6.18. The SMILES string of the molecule is CC[C@H](C)CCCCn1cc(CCC(C)C)nn1. The van der Waals surface area contributed by atoms with E-state index in [1.165, 1.54) is 32.1 Å². The van der Waals surface area contributed by atoms with Crippen LogP contribution in [0, 0.1) is 11.8 Å². The number of hydrogen-bond acceptors (Lipinski definition) is 2. The highest BCUT2D eigenvalue weighted by atomic mass is 15.4. The number of aromatic nitrogens is 3. The Morgan fingerprint density at radius 3 is 2.61 bits per heavy atom. The first kappa shape index (κ1) is 15.2.